The Bertz CT molecular complexity index is 1060. The van der Waals surface area contributed by atoms with Gasteiger partial charge in [0, 0.05) is 18.5 Å². The summed E-state index contributed by atoms with van der Waals surface area (Å²) in [6.07, 6.45) is 4.09. The Kier molecular flexibility index (Phi) is 5.14. The van der Waals surface area contributed by atoms with Crippen LogP contribution < -0.4 is 0 Å². The first-order valence-electron chi connectivity index (χ1n) is 8.10. The van der Waals surface area contributed by atoms with Gasteiger partial charge in [-0.2, -0.15) is 0 Å². The molecule has 0 radical (unpaired) electrons. The highest BCUT2D eigenvalue weighted by atomic mass is 35.5. The molecule has 2 heterocycles. The van der Waals surface area contributed by atoms with Gasteiger partial charge in [-0.25, -0.2) is 22.2 Å². The number of rotatable bonds is 4. The second-order valence-electron chi connectivity index (χ2n) is 6.39. The molecule has 0 aliphatic carbocycles. The molecule has 5 nitrogen and oxygen atoms in total. The van der Waals surface area contributed by atoms with Gasteiger partial charge in [0.2, 0.25) is 0 Å². The minimum absolute atomic E-state index is 0.0784. The van der Waals surface area contributed by atoms with Crippen LogP contribution in [0.3, 0.4) is 0 Å². The predicted octanol–water partition coefficient (Wildman–Crippen LogP) is 4.08. The van der Waals surface area contributed by atoms with Crippen LogP contribution in [0.2, 0.25) is 5.02 Å². The van der Waals surface area contributed by atoms with E-state index in [0.717, 1.165) is 6.26 Å². The number of halogens is 3. The van der Waals surface area contributed by atoms with Gasteiger partial charge in [-0.15, -0.1) is 0 Å². The van der Waals surface area contributed by atoms with E-state index in [9.17, 15) is 17.2 Å². The van der Waals surface area contributed by atoms with Gasteiger partial charge in [0.15, 0.2) is 14.9 Å². The quantitative estimate of drug-likeness (QED) is 0.820. The zero-order valence-electron chi connectivity index (χ0n) is 14.9. The number of hydrogen-bond donors (Lipinski definition) is 1. The van der Waals surface area contributed by atoms with Gasteiger partial charge in [0.05, 0.1) is 10.7 Å². The molecule has 0 fully saturated rings. The standard InChI is InChI=1S/C18H18ClF2N3O2S/c1-10-18(27(3,25)26)23-17(22-10)16(12-6-7-15(21)13(19)9-12)24-8-4-5-14(20)11(24)2/h4-7,9,16H,8H2,1-3H3,(H,22,23). The van der Waals surface area contributed by atoms with Gasteiger partial charge in [0.1, 0.15) is 23.5 Å². The molecule has 0 amide bonds. The third-order valence-corrected chi connectivity index (χ3v) is 5.77. The first-order chi connectivity index (χ1) is 12.6. The lowest BCUT2D eigenvalue weighted by atomic mass is 10.0. The number of nitrogens with one attached hydrogen (secondary N) is 1. The summed E-state index contributed by atoms with van der Waals surface area (Å²) in [5, 5.41) is -0.163. The molecule has 1 aromatic heterocycles. The molecular formula is C18H18ClF2N3O2S. The summed E-state index contributed by atoms with van der Waals surface area (Å²) in [6.45, 7) is 3.58. The maximum Gasteiger partial charge on any atom is 0.194 e. The van der Waals surface area contributed by atoms with Crippen molar-refractivity contribution in [2.75, 3.05) is 12.8 Å². The van der Waals surface area contributed by atoms with Crippen molar-refractivity contribution in [2.24, 2.45) is 0 Å². The van der Waals surface area contributed by atoms with Crippen molar-refractivity contribution in [3.8, 4) is 0 Å². The van der Waals surface area contributed by atoms with Gasteiger partial charge >= 0.3 is 0 Å². The maximum atomic E-state index is 14.2. The highest BCUT2D eigenvalue weighted by Gasteiger charge is 2.30. The van der Waals surface area contributed by atoms with Crippen molar-refractivity contribution in [1.82, 2.24) is 14.9 Å². The van der Waals surface area contributed by atoms with Crippen LogP contribution in [-0.2, 0) is 9.84 Å². The van der Waals surface area contributed by atoms with Crippen LogP contribution in [-0.4, -0.2) is 36.1 Å². The van der Waals surface area contributed by atoms with E-state index >= 15 is 0 Å². The van der Waals surface area contributed by atoms with Gasteiger partial charge in [-0.05, 0) is 37.6 Å². The van der Waals surface area contributed by atoms with E-state index in [4.69, 9.17) is 11.6 Å². The van der Waals surface area contributed by atoms with Crippen LogP contribution in [0.5, 0.6) is 0 Å². The Morgan fingerprint density at radius 1 is 1.30 bits per heavy atom. The van der Waals surface area contributed by atoms with Gasteiger partial charge < -0.3 is 9.88 Å². The molecule has 1 aromatic carbocycles. The highest BCUT2D eigenvalue weighted by Crippen LogP contribution is 2.35. The van der Waals surface area contributed by atoms with Crippen molar-refractivity contribution in [1.29, 1.82) is 0 Å². The van der Waals surface area contributed by atoms with Gasteiger partial charge in [0.25, 0.3) is 0 Å². The van der Waals surface area contributed by atoms with E-state index in [-0.39, 0.29) is 10.0 Å². The van der Waals surface area contributed by atoms with Crippen molar-refractivity contribution in [3.05, 3.63) is 69.8 Å². The fourth-order valence-electron chi connectivity index (χ4n) is 3.09. The van der Waals surface area contributed by atoms with E-state index in [1.807, 2.05) is 0 Å². The van der Waals surface area contributed by atoms with Gasteiger partial charge in [-0.1, -0.05) is 23.7 Å². The number of aryl methyl sites for hydroxylation is 1. The first kappa shape index (κ1) is 19.6. The number of sulfone groups is 1. The Morgan fingerprint density at radius 3 is 2.59 bits per heavy atom. The summed E-state index contributed by atoms with van der Waals surface area (Å²) in [5.41, 5.74) is 1.29. The SMILES string of the molecule is CC1=C(F)C=CCN1C(c1ccc(F)c(Cl)c1)c1nc(S(C)(=O)=O)c(C)[nH]1. The average molecular weight is 414 g/mol. The van der Waals surface area contributed by atoms with Crippen LogP contribution in [0.4, 0.5) is 8.78 Å². The number of nitrogens with zero attached hydrogens (tertiary/aromatic N) is 2. The molecule has 27 heavy (non-hydrogen) atoms. The fraction of sp³-hybridized carbons (Fsp3) is 0.278. The maximum absolute atomic E-state index is 14.2. The lowest BCUT2D eigenvalue weighted by molar-refractivity contribution is 0.293. The van der Waals surface area contributed by atoms with Crippen molar-refractivity contribution >= 4 is 21.4 Å². The van der Waals surface area contributed by atoms with E-state index in [0.29, 0.717) is 29.3 Å². The molecule has 144 valence electrons. The molecular weight excluding hydrogens is 396 g/mol. The second-order valence-corrected chi connectivity index (χ2v) is 8.73. The monoisotopic (exact) mass is 413 g/mol. The number of hydrogen-bond acceptors (Lipinski definition) is 4. The molecule has 1 N–H and O–H groups in total. The predicted molar refractivity (Wildman–Crippen MR) is 99.3 cm³/mol. The second kappa shape index (κ2) is 7.09. The molecule has 1 unspecified atom stereocenters. The Balaban J connectivity index is 2.19. The summed E-state index contributed by atoms with van der Waals surface area (Å²) in [7, 11) is -3.55. The molecule has 1 atom stereocenters. The summed E-state index contributed by atoms with van der Waals surface area (Å²) in [4.78, 5) is 8.94. The number of allylic oxidation sites excluding steroid dienone is 3. The lowest BCUT2D eigenvalue weighted by Crippen LogP contribution is -2.31. The molecule has 1 aliphatic heterocycles. The Morgan fingerprint density at radius 2 is 2.00 bits per heavy atom. The first-order valence-corrected chi connectivity index (χ1v) is 10.4. The molecule has 0 bridgehead atoms. The van der Waals surface area contributed by atoms with Crippen LogP contribution in [0.15, 0.2) is 46.9 Å². The third kappa shape index (κ3) is 3.77. The van der Waals surface area contributed by atoms with Crippen LogP contribution in [0, 0.1) is 12.7 Å². The molecule has 9 heteroatoms. The number of benzene rings is 1. The minimum atomic E-state index is -3.55. The smallest absolute Gasteiger partial charge is 0.194 e. The zero-order chi connectivity index (χ0) is 19.9. The van der Waals surface area contributed by atoms with E-state index in [1.54, 1.807) is 24.8 Å². The van der Waals surface area contributed by atoms with E-state index in [2.05, 4.69) is 9.97 Å². The molecule has 0 spiro atoms. The summed E-state index contributed by atoms with van der Waals surface area (Å²) in [5.74, 6) is -0.687. The van der Waals surface area contributed by atoms with Crippen molar-refractivity contribution in [3.63, 3.8) is 0 Å². The topological polar surface area (TPSA) is 66.1 Å². The van der Waals surface area contributed by atoms with Crippen LogP contribution >= 0.6 is 11.6 Å². The lowest BCUT2D eigenvalue weighted by Gasteiger charge is -2.34. The fourth-order valence-corrected chi connectivity index (χ4v) is 4.15. The van der Waals surface area contributed by atoms with E-state index < -0.39 is 27.5 Å². The number of imidazole rings is 1. The zero-order valence-corrected chi connectivity index (χ0v) is 16.5. The van der Waals surface area contributed by atoms with E-state index in [1.165, 1.54) is 24.3 Å². The average Bonchev–Trinajstić information content (AvgIpc) is 2.97. The Hall–Kier alpha value is -2.19. The Labute approximate surface area is 161 Å². The largest absolute Gasteiger partial charge is 0.355 e. The number of aromatic amines is 1. The molecule has 2 aromatic rings. The summed E-state index contributed by atoms with van der Waals surface area (Å²) >= 11 is 5.94. The molecule has 1 aliphatic rings. The molecule has 3 rings (SSSR count). The molecule has 0 saturated carbocycles. The highest BCUT2D eigenvalue weighted by molar-refractivity contribution is 7.90. The van der Waals surface area contributed by atoms with Crippen LogP contribution in [0.25, 0.3) is 0 Å². The van der Waals surface area contributed by atoms with Crippen LogP contribution in [0.1, 0.15) is 30.0 Å². The van der Waals surface area contributed by atoms with Crippen molar-refractivity contribution < 1.29 is 17.2 Å². The van der Waals surface area contributed by atoms with Crippen molar-refractivity contribution in [2.45, 2.75) is 24.9 Å². The summed E-state index contributed by atoms with van der Waals surface area (Å²) < 4.78 is 51.8. The number of H-pyrrole nitrogens is 1. The number of aromatic nitrogens is 2. The minimum Gasteiger partial charge on any atom is -0.355 e. The normalized spacial score (nSPS) is 16.1. The third-order valence-electron chi connectivity index (χ3n) is 4.38. The van der Waals surface area contributed by atoms with Gasteiger partial charge in [-0.3, -0.25) is 0 Å². The summed E-state index contributed by atoms with van der Waals surface area (Å²) in [6, 6.07) is 3.50. The molecule has 0 saturated heterocycles.